The Labute approximate surface area is 205 Å². The SMILES string of the molecule is COc1ccc2ncc(Cl)c(CCCC3(CO)CCN(CCSc4cccnc4)CC3)c2c1. The molecule has 0 spiro atoms. The molecule has 0 radical (unpaired) electrons. The van der Waals surface area contributed by atoms with Crippen LogP contribution < -0.4 is 4.74 Å². The molecule has 3 heterocycles. The first kappa shape index (κ1) is 24.3. The molecule has 1 aromatic carbocycles. The van der Waals surface area contributed by atoms with Gasteiger partial charge in [-0.15, -0.1) is 11.8 Å². The van der Waals surface area contributed by atoms with Crippen molar-refractivity contribution in [3.8, 4) is 5.75 Å². The third-order valence-corrected chi connectivity index (χ3v) is 8.12. The molecule has 1 aliphatic rings. The number of likely N-dealkylation sites (tertiary alicyclic amines) is 1. The van der Waals surface area contributed by atoms with Crippen molar-refractivity contribution in [2.75, 3.05) is 39.1 Å². The molecule has 0 aliphatic carbocycles. The minimum Gasteiger partial charge on any atom is -0.497 e. The summed E-state index contributed by atoms with van der Waals surface area (Å²) >= 11 is 8.39. The first-order valence-corrected chi connectivity index (χ1v) is 13.0. The van der Waals surface area contributed by atoms with E-state index in [1.807, 2.05) is 48.4 Å². The average molecular weight is 486 g/mol. The number of hydrogen-bond donors (Lipinski definition) is 1. The van der Waals surface area contributed by atoms with E-state index in [9.17, 15) is 5.11 Å². The van der Waals surface area contributed by atoms with Gasteiger partial charge in [0.15, 0.2) is 0 Å². The van der Waals surface area contributed by atoms with E-state index in [0.29, 0.717) is 5.02 Å². The number of rotatable bonds is 10. The molecule has 1 fully saturated rings. The molecule has 2 aromatic heterocycles. The van der Waals surface area contributed by atoms with Crippen LogP contribution >= 0.6 is 23.4 Å². The molecular weight excluding hydrogens is 454 g/mol. The lowest BCUT2D eigenvalue weighted by molar-refractivity contribution is 0.0378. The number of methoxy groups -OCH3 is 1. The second-order valence-corrected chi connectivity index (χ2v) is 10.4. The fraction of sp³-hybridized carbons (Fsp3) is 0.462. The molecule has 0 saturated carbocycles. The van der Waals surface area contributed by atoms with Crippen molar-refractivity contribution >= 4 is 34.3 Å². The van der Waals surface area contributed by atoms with Gasteiger partial charge in [-0.1, -0.05) is 11.6 Å². The minimum atomic E-state index is 0.0139. The average Bonchev–Trinajstić information content (AvgIpc) is 2.86. The van der Waals surface area contributed by atoms with Crippen LogP contribution in [0.4, 0.5) is 0 Å². The highest BCUT2D eigenvalue weighted by molar-refractivity contribution is 7.99. The number of ether oxygens (including phenoxy) is 1. The van der Waals surface area contributed by atoms with E-state index in [0.717, 1.165) is 79.7 Å². The van der Waals surface area contributed by atoms with Crippen LogP contribution in [0.1, 0.15) is 31.2 Å². The van der Waals surface area contributed by atoms with Crippen LogP contribution in [0.3, 0.4) is 0 Å². The van der Waals surface area contributed by atoms with Crippen LogP contribution in [0.15, 0.2) is 53.8 Å². The van der Waals surface area contributed by atoms with E-state index in [1.165, 1.54) is 4.90 Å². The summed E-state index contributed by atoms with van der Waals surface area (Å²) in [5.74, 6) is 1.88. The fourth-order valence-electron chi connectivity index (χ4n) is 4.69. The standard InChI is InChI=1S/C26H32ClN3O2S/c1-32-20-6-7-25-23(16-20)22(24(27)18-29-25)5-2-8-26(19-31)9-12-30(13-10-26)14-15-33-21-4-3-11-28-17-21/h3-4,6-7,11,16-18,31H,2,5,8-10,12-15,19H2,1H3. The highest BCUT2D eigenvalue weighted by Crippen LogP contribution is 2.37. The number of nitrogens with zero attached hydrogens (tertiary/aromatic N) is 3. The number of benzene rings is 1. The summed E-state index contributed by atoms with van der Waals surface area (Å²) in [7, 11) is 1.67. The zero-order chi connectivity index (χ0) is 23.1. The number of piperidine rings is 1. The molecule has 4 rings (SSSR count). The van der Waals surface area contributed by atoms with Crippen LogP contribution in [-0.2, 0) is 6.42 Å². The highest BCUT2D eigenvalue weighted by Gasteiger charge is 2.33. The summed E-state index contributed by atoms with van der Waals surface area (Å²) in [5.41, 5.74) is 2.07. The van der Waals surface area contributed by atoms with E-state index in [2.05, 4.69) is 20.9 Å². The zero-order valence-electron chi connectivity index (χ0n) is 19.2. The molecule has 3 aromatic rings. The maximum absolute atomic E-state index is 10.3. The molecule has 176 valence electrons. The van der Waals surface area contributed by atoms with E-state index < -0.39 is 0 Å². The van der Waals surface area contributed by atoms with Crippen molar-refractivity contribution < 1.29 is 9.84 Å². The third-order valence-electron chi connectivity index (χ3n) is 6.83. The van der Waals surface area contributed by atoms with Crippen molar-refractivity contribution in [3.05, 3.63) is 59.5 Å². The van der Waals surface area contributed by atoms with Gasteiger partial charge in [0, 0.05) is 47.8 Å². The summed E-state index contributed by atoms with van der Waals surface area (Å²) in [6, 6.07) is 10.0. The summed E-state index contributed by atoms with van der Waals surface area (Å²) < 4.78 is 5.40. The molecular formula is C26H32ClN3O2S. The van der Waals surface area contributed by atoms with Crippen molar-refractivity contribution in [2.24, 2.45) is 5.41 Å². The lowest BCUT2D eigenvalue weighted by Crippen LogP contribution is -2.42. The first-order valence-electron chi connectivity index (χ1n) is 11.6. The first-order chi connectivity index (χ1) is 16.1. The Morgan fingerprint density at radius 1 is 1.21 bits per heavy atom. The van der Waals surface area contributed by atoms with Gasteiger partial charge < -0.3 is 14.7 Å². The van der Waals surface area contributed by atoms with Crippen LogP contribution in [0, 0.1) is 5.41 Å². The van der Waals surface area contributed by atoms with Gasteiger partial charge in [0.05, 0.1) is 17.6 Å². The van der Waals surface area contributed by atoms with Crippen molar-refractivity contribution in [2.45, 2.75) is 37.0 Å². The molecule has 33 heavy (non-hydrogen) atoms. The number of aryl methyl sites for hydroxylation is 1. The second-order valence-electron chi connectivity index (χ2n) is 8.86. The number of aromatic nitrogens is 2. The summed E-state index contributed by atoms with van der Waals surface area (Å²) in [6.45, 7) is 3.42. The van der Waals surface area contributed by atoms with Gasteiger partial charge in [-0.05, 0) is 86.5 Å². The summed E-state index contributed by atoms with van der Waals surface area (Å²) in [5, 5.41) is 12.0. The number of halogens is 1. The predicted octanol–water partition coefficient (Wildman–Crippen LogP) is 5.48. The number of fused-ring (bicyclic) bond motifs is 1. The lowest BCUT2D eigenvalue weighted by atomic mass is 9.75. The fourth-order valence-corrected chi connectivity index (χ4v) is 5.83. The van der Waals surface area contributed by atoms with Gasteiger partial charge in [-0.3, -0.25) is 9.97 Å². The minimum absolute atomic E-state index is 0.0139. The van der Waals surface area contributed by atoms with Crippen LogP contribution in [0.25, 0.3) is 10.9 Å². The Balaban J connectivity index is 1.30. The molecule has 0 atom stereocenters. The lowest BCUT2D eigenvalue weighted by Gasteiger charge is -2.41. The Morgan fingerprint density at radius 3 is 2.79 bits per heavy atom. The summed E-state index contributed by atoms with van der Waals surface area (Å²) in [4.78, 5) is 12.4. The number of hydrogen-bond acceptors (Lipinski definition) is 6. The molecule has 1 saturated heterocycles. The Hall–Kier alpha value is -1.86. The molecule has 0 amide bonds. The normalized spacial score (nSPS) is 16.2. The van der Waals surface area contributed by atoms with Gasteiger partial charge in [0.2, 0.25) is 0 Å². The predicted molar refractivity (Wildman–Crippen MR) is 136 cm³/mol. The molecule has 1 N–H and O–H groups in total. The van der Waals surface area contributed by atoms with Crippen LogP contribution in [-0.4, -0.2) is 59.1 Å². The van der Waals surface area contributed by atoms with E-state index in [-0.39, 0.29) is 12.0 Å². The smallest absolute Gasteiger partial charge is 0.119 e. The Kier molecular flexibility index (Phi) is 8.47. The van der Waals surface area contributed by atoms with Crippen LogP contribution in [0.2, 0.25) is 5.02 Å². The summed E-state index contributed by atoms with van der Waals surface area (Å²) in [6.07, 6.45) is 10.4. The largest absolute Gasteiger partial charge is 0.497 e. The quantitative estimate of drug-likeness (QED) is 0.383. The van der Waals surface area contributed by atoms with Gasteiger partial charge in [0.25, 0.3) is 0 Å². The topological polar surface area (TPSA) is 58.5 Å². The maximum atomic E-state index is 10.3. The van der Waals surface area contributed by atoms with E-state index >= 15 is 0 Å². The molecule has 5 nitrogen and oxygen atoms in total. The number of pyridine rings is 2. The molecule has 0 unspecified atom stereocenters. The third kappa shape index (κ3) is 6.18. The number of aliphatic hydroxyl groups is 1. The van der Waals surface area contributed by atoms with Gasteiger partial charge in [-0.2, -0.15) is 0 Å². The Bertz CT molecular complexity index is 1040. The second kappa shape index (κ2) is 11.5. The van der Waals surface area contributed by atoms with Crippen molar-refractivity contribution in [3.63, 3.8) is 0 Å². The number of thioether (sulfide) groups is 1. The Morgan fingerprint density at radius 2 is 2.06 bits per heavy atom. The van der Waals surface area contributed by atoms with Gasteiger partial charge in [-0.25, -0.2) is 0 Å². The van der Waals surface area contributed by atoms with Gasteiger partial charge in [0.1, 0.15) is 5.75 Å². The molecule has 1 aliphatic heterocycles. The highest BCUT2D eigenvalue weighted by atomic mass is 35.5. The zero-order valence-corrected chi connectivity index (χ0v) is 20.7. The van der Waals surface area contributed by atoms with Gasteiger partial charge >= 0.3 is 0 Å². The maximum Gasteiger partial charge on any atom is 0.119 e. The van der Waals surface area contributed by atoms with Crippen molar-refractivity contribution in [1.29, 1.82) is 0 Å². The van der Waals surface area contributed by atoms with Crippen molar-refractivity contribution in [1.82, 2.24) is 14.9 Å². The monoisotopic (exact) mass is 485 g/mol. The number of aliphatic hydroxyl groups excluding tert-OH is 1. The molecule has 0 bridgehead atoms. The van der Waals surface area contributed by atoms with Crippen LogP contribution in [0.5, 0.6) is 5.75 Å². The molecule has 7 heteroatoms. The van der Waals surface area contributed by atoms with E-state index in [1.54, 1.807) is 13.3 Å². The van der Waals surface area contributed by atoms with E-state index in [4.69, 9.17) is 16.3 Å².